The smallest absolute Gasteiger partial charge is 0.387 e. The molecule has 0 atom stereocenters. The van der Waals surface area contributed by atoms with Gasteiger partial charge in [0, 0.05) is 24.9 Å². The number of hydrogen-bond donors (Lipinski definition) is 1. The fraction of sp³-hybridized carbons (Fsp3) is 0.286. The van der Waals surface area contributed by atoms with Crippen molar-refractivity contribution in [3.8, 4) is 22.9 Å². The Bertz CT molecular complexity index is 944. The topological polar surface area (TPSA) is 86.5 Å². The summed E-state index contributed by atoms with van der Waals surface area (Å²) in [4.78, 5) is 16.3. The third-order valence-electron chi connectivity index (χ3n) is 4.27. The van der Waals surface area contributed by atoms with Gasteiger partial charge in [0.25, 0.3) is 0 Å². The van der Waals surface area contributed by atoms with E-state index in [-0.39, 0.29) is 18.1 Å². The fourth-order valence-electron chi connectivity index (χ4n) is 2.71. The third-order valence-corrected chi connectivity index (χ3v) is 4.27. The van der Waals surface area contributed by atoms with E-state index in [0.717, 1.165) is 16.9 Å². The van der Waals surface area contributed by atoms with Crippen LogP contribution in [0, 0.1) is 0 Å². The molecule has 3 aromatic rings. The highest BCUT2D eigenvalue weighted by molar-refractivity contribution is 5.76. The van der Waals surface area contributed by atoms with Crippen LogP contribution in [0.3, 0.4) is 0 Å². The molecule has 30 heavy (non-hydrogen) atoms. The van der Waals surface area contributed by atoms with Gasteiger partial charge in [-0.1, -0.05) is 17.3 Å². The second-order valence-electron chi connectivity index (χ2n) is 6.36. The van der Waals surface area contributed by atoms with Gasteiger partial charge in [0.05, 0.1) is 7.11 Å². The molecule has 0 aliphatic heterocycles. The summed E-state index contributed by atoms with van der Waals surface area (Å²) in [5.41, 5.74) is 1.69. The number of aryl methyl sites for hydroxylation is 1. The predicted molar refractivity (Wildman–Crippen MR) is 104 cm³/mol. The van der Waals surface area contributed by atoms with Gasteiger partial charge in [-0.05, 0) is 48.4 Å². The Hall–Kier alpha value is -3.49. The SMILES string of the molecule is COc1ccc(-c2noc(CCC(=O)NCCc3ccc(OC(F)F)cc3)n2)cc1. The van der Waals surface area contributed by atoms with Crippen molar-refractivity contribution in [3.63, 3.8) is 0 Å². The van der Waals surface area contributed by atoms with E-state index >= 15 is 0 Å². The highest BCUT2D eigenvalue weighted by Gasteiger charge is 2.11. The van der Waals surface area contributed by atoms with E-state index in [0.29, 0.717) is 31.1 Å². The fourth-order valence-corrected chi connectivity index (χ4v) is 2.71. The maximum absolute atomic E-state index is 12.1. The molecule has 0 bridgehead atoms. The monoisotopic (exact) mass is 417 g/mol. The second kappa shape index (κ2) is 10.3. The normalized spacial score (nSPS) is 10.8. The number of carbonyl (C=O) groups is 1. The van der Waals surface area contributed by atoms with Crippen LogP contribution in [0.4, 0.5) is 8.78 Å². The van der Waals surface area contributed by atoms with Crippen molar-refractivity contribution in [2.45, 2.75) is 25.9 Å². The van der Waals surface area contributed by atoms with Gasteiger partial charge in [0.1, 0.15) is 11.5 Å². The number of rotatable bonds is 10. The number of alkyl halides is 2. The lowest BCUT2D eigenvalue weighted by molar-refractivity contribution is -0.121. The largest absolute Gasteiger partial charge is 0.497 e. The molecule has 1 aromatic heterocycles. The number of ether oxygens (including phenoxy) is 2. The van der Waals surface area contributed by atoms with Crippen molar-refractivity contribution in [2.75, 3.05) is 13.7 Å². The first-order chi connectivity index (χ1) is 14.5. The molecule has 1 heterocycles. The Balaban J connectivity index is 1.40. The van der Waals surface area contributed by atoms with Crippen LogP contribution in [-0.4, -0.2) is 36.3 Å². The summed E-state index contributed by atoms with van der Waals surface area (Å²) in [7, 11) is 1.59. The third kappa shape index (κ3) is 6.26. The van der Waals surface area contributed by atoms with Crippen LogP contribution in [0.2, 0.25) is 0 Å². The number of amides is 1. The molecule has 0 aliphatic rings. The molecule has 3 rings (SSSR count). The van der Waals surface area contributed by atoms with Crippen LogP contribution in [0.1, 0.15) is 17.9 Å². The van der Waals surface area contributed by atoms with E-state index in [1.54, 1.807) is 31.4 Å². The Morgan fingerprint density at radius 2 is 1.77 bits per heavy atom. The molecule has 0 radical (unpaired) electrons. The van der Waals surface area contributed by atoms with Crippen LogP contribution in [-0.2, 0) is 17.6 Å². The number of benzene rings is 2. The van der Waals surface area contributed by atoms with Crippen molar-refractivity contribution >= 4 is 5.91 Å². The number of nitrogens with zero attached hydrogens (tertiary/aromatic N) is 2. The molecular weight excluding hydrogens is 396 g/mol. The average Bonchev–Trinajstić information content (AvgIpc) is 3.22. The second-order valence-corrected chi connectivity index (χ2v) is 6.36. The van der Waals surface area contributed by atoms with Gasteiger partial charge >= 0.3 is 6.61 Å². The molecule has 0 saturated heterocycles. The van der Waals surface area contributed by atoms with Gasteiger partial charge < -0.3 is 19.3 Å². The van der Waals surface area contributed by atoms with Gasteiger partial charge in [-0.2, -0.15) is 13.8 Å². The first kappa shape index (κ1) is 21.2. The summed E-state index contributed by atoms with van der Waals surface area (Å²) >= 11 is 0. The van der Waals surface area contributed by atoms with E-state index in [9.17, 15) is 13.6 Å². The van der Waals surface area contributed by atoms with Crippen molar-refractivity contribution in [3.05, 3.63) is 60.0 Å². The van der Waals surface area contributed by atoms with Gasteiger partial charge in [-0.3, -0.25) is 4.79 Å². The zero-order chi connectivity index (χ0) is 21.3. The molecular formula is C21H21F2N3O4. The number of aromatic nitrogens is 2. The summed E-state index contributed by atoms with van der Waals surface area (Å²) in [6.45, 7) is -2.42. The standard InChI is InChI=1S/C21H21F2N3O4/c1-28-16-8-4-15(5-9-16)20-25-19(30-26-20)11-10-18(27)24-13-12-14-2-6-17(7-3-14)29-21(22)23/h2-9,21H,10-13H2,1H3,(H,24,27). The van der Waals surface area contributed by atoms with Crippen molar-refractivity contribution < 1.29 is 27.6 Å². The lowest BCUT2D eigenvalue weighted by atomic mass is 10.1. The van der Waals surface area contributed by atoms with E-state index in [1.165, 1.54) is 12.1 Å². The molecule has 7 nitrogen and oxygen atoms in total. The molecule has 1 amide bonds. The Labute approximate surface area is 172 Å². The summed E-state index contributed by atoms with van der Waals surface area (Å²) in [6, 6.07) is 13.6. The quantitative estimate of drug-likeness (QED) is 0.542. The lowest BCUT2D eigenvalue weighted by Crippen LogP contribution is -2.25. The van der Waals surface area contributed by atoms with Crippen LogP contribution >= 0.6 is 0 Å². The van der Waals surface area contributed by atoms with Gasteiger partial charge in [0.2, 0.25) is 17.6 Å². The zero-order valence-electron chi connectivity index (χ0n) is 16.3. The minimum absolute atomic E-state index is 0.103. The number of hydrogen-bond acceptors (Lipinski definition) is 6. The molecule has 2 aromatic carbocycles. The summed E-state index contributed by atoms with van der Waals surface area (Å²) in [6.07, 6.45) is 1.11. The first-order valence-electron chi connectivity index (χ1n) is 9.31. The maximum atomic E-state index is 12.1. The van der Waals surface area contributed by atoms with Crippen molar-refractivity contribution in [1.29, 1.82) is 0 Å². The highest BCUT2D eigenvalue weighted by Crippen LogP contribution is 2.20. The van der Waals surface area contributed by atoms with Crippen molar-refractivity contribution in [1.82, 2.24) is 15.5 Å². The molecule has 0 unspecified atom stereocenters. The van der Waals surface area contributed by atoms with Gasteiger partial charge in [-0.15, -0.1) is 0 Å². The maximum Gasteiger partial charge on any atom is 0.387 e. The predicted octanol–water partition coefficient (Wildman–Crippen LogP) is 3.64. The lowest BCUT2D eigenvalue weighted by Gasteiger charge is -2.07. The number of methoxy groups -OCH3 is 1. The van der Waals surface area contributed by atoms with Gasteiger partial charge in [-0.25, -0.2) is 0 Å². The molecule has 0 spiro atoms. The average molecular weight is 417 g/mol. The Morgan fingerprint density at radius 3 is 2.43 bits per heavy atom. The Morgan fingerprint density at radius 1 is 1.07 bits per heavy atom. The first-order valence-corrected chi connectivity index (χ1v) is 9.31. The molecule has 0 fully saturated rings. The number of halogens is 2. The number of nitrogens with one attached hydrogen (secondary N) is 1. The summed E-state index contributed by atoms with van der Waals surface area (Å²) in [5, 5.41) is 6.74. The molecule has 158 valence electrons. The van der Waals surface area contributed by atoms with E-state index in [4.69, 9.17) is 9.26 Å². The van der Waals surface area contributed by atoms with E-state index < -0.39 is 6.61 Å². The minimum Gasteiger partial charge on any atom is -0.497 e. The van der Waals surface area contributed by atoms with Crippen LogP contribution in [0.15, 0.2) is 53.1 Å². The van der Waals surface area contributed by atoms with Crippen molar-refractivity contribution in [2.24, 2.45) is 0 Å². The summed E-state index contributed by atoms with van der Waals surface area (Å²) in [5.74, 6) is 1.53. The molecule has 0 saturated carbocycles. The van der Waals surface area contributed by atoms with E-state index in [2.05, 4.69) is 20.2 Å². The molecule has 1 N–H and O–H groups in total. The van der Waals surface area contributed by atoms with Crippen LogP contribution < -0.4 is 14.8 Å². The zero-order valence-corrected chi connectivity index (χ0v) is 16.3. The molecule has 0 aliphatic carbocycles. The van der Waals surface area contributed by atoms with Crippen LogP contribution in [0.5, 0.6) is 11.5 Å². The number of carbonyl (C=O) groups excluding carboxylic acids is 1. The molecule has 9 heteroatoms. The summed E-state index contributed by atoms with van der Waals surface area (Å²) < 4.78 is 38.9. The van der Waals surface area contributed by atoms with Crippen LogP contribution in [0.25, 0.3) is 11.4 Å². The minimum atomic E-state index is -2.85. The highest BCUT2D eigenvalue weighted by atomic mass is 19.3. The van der Waals surface area contributed by atoms with Gasteiger partial charge in [0.15, 0.2) is 0 Å². The Kier molecular flexibility index (Phi) is 7.31. The van der Waals surface area contributed by atoms with E-state index in [1.807, 2.05) is 12.1 Å².